The monoisotopic (exact) mass is 327 g/mol. The molecule has 2 rings (SSSR count). The molecule has 1 aromatic rings. The fourth-order valence-corrected chi connectivity index (χ4v) is 3.02. The van der Waals surface area contributed by atoms with Gasteiger partial charge in [-0.1, -0.05) is 23.7 Å². The van der Waals surface area contributed by atoms with E-state index in [0.29, 0.717) is 5.02 Å². The van der Waals surface area contributed by atoms with Gasteiger partial charge in [-0.2, -0.15) is 0 Å². The first-order valence-electron chi connectivity index (χ1n) is 6.77. The van der Waals surface area contributed by atoms with E-state index < -0.39 is 36.0 Å². The van der Waals surface area contributed by atoms with Crippen LogP contribution in [0.15, 0.2) is 24.3 Å². The van der Waals surface area contributed by atoms with Gasteiger partial charge in [0, 0.05) is 5.02 Å². The Morgan fingerprint density at radius 2 is 1.95 bits per heavy atom. The highest BCUT2D eigenvalue weighted by atomic mass is 35.5. The molecule has 1 heterocycles. The zero-order valence-corrected chi connectivity index (χ0v) is 13.1. The molecule has 1 aliphatic rings. The lowest BCUT2D eigenvalue weighted by Crippen LogP contribution is -2.40. The van der Waals surface area contributed by atoms with Gasteiger partial charge in [0.25, 0.3) is 0 Å². The van der Waals surface area contributed by atoms with Gasteiger partial charge < -0.3 is 14.6 Å². The average Bonchev–Trinajstić information content (AvgIpc) is 2.95. The van der Waals surface area contributed by atoms with Crippen molar-refractivity contribution in [3.63, 3.8) is 0 Å². The number of aliphatic hydroxyl groups excluding tert-OH is 1. The molecule has 2 N–H and O–H groups in total. The van der Waals surface area contributed by atoms with E-state index in [1.165, 1.54) is 14.2 Å². The number of ether oxygens (including phenoxy) is 2. The first-order valence-corrected chi connectivity index (χ1v) is 7.15. The van der Waals surface area contributed by atoms with Crippen LogP contribution in [-0.4, -0.2) is 43.9 Å². The summed E-state index contributed by atoms with van der Waals surface area (Å²) in [5, 5.41) is 13.5. The average molecular weight is 328 g/mol. The quantitative estimate of drug-likeness (QED) is 0.805. The largest absolute Gasteiger partial charge is 0.468 e. The number of rotatable bonds is 4. The van der Waals surface area contributed by atoms with Crippen LogP contribution in [0, 0.1) is 5.41 Å². The van der Waals surface area contributed by atoms with Crippen molar-refractivity contribution in [1.29, 1.82) is 0 Å². The number of carbonyl (C=O) groups is 2. The van der Waals surface area contributed by atoms with E-state index in [-0.39, 0.29) is 6.42 Å². The SMILES string of the molecule is COC(=O)[C@H]1C[C@@](CO)(C(=O)OC)[C@@H](c2ccc(Cl)cc2)N1. The molecule has 6 nitrogen and oxygen atoms in total. The number of hydrogen-bond donors (Lipinski definition) is 2. The lowest BCUT2D eigenvalue weighted by Gasteiger charge is -2.30. The van der Waals surface area contributed by atoms with Crippen molar-refractivity contribution in [2.45, 2.75) is 18.5 Å². The Hall–Kier alpha value is -1.63. The van der Waals surface area contributed by atoms with Crippen LogP contribution in [0.5, 0.6) is 0 Å². The van der Waals surface area contributed by atoms with Crippen LogP contribution >= 0.6 is 11.6 Å². The third-order valence-electron chi connectivity index (χ3n) is 4.05. The van der Waals surface area contributed by atoms with Gasteiger partial charge in [-0.25, -0.2) is 0 Å². The van der Waals surface area contributed by atoms with E-state index in [9.17, 15) is 14.7 Å². The molecule has 0 bridgehead atoms. The number of aliphatic hydroxyl groups is 1. The standard InChI is InChI=1S/C15H18ClNO5/c1-21-13(19)11-7-15(8-18,14(20)22-2)12(17-11)9-3-5-10(16)6-4-9/h3-6,11-12,17-18H,7-8H2,1-2H3/t11-,12-,15+/m1/s1. The molecular weight excluding hydrogens is 310 g/mol. The van der Waals surface area contributed by atoms with E-state index in [2.05, 4.69) is 5.32 Å². The summed E-state index contributed by atoms with van der Waals surface area (Å²) in [4.78, 5) is 24.1. The van der Waals surface area contributed by atoms with Gasteiger partial charge in [-0.3, -0.25) is 14.9 Å². The van der Waals surface area contributed by atoms with Gasteiger partial charge in [0.15, 0.2) is 0 Å². The number of benzene rings is 1. The molecule has 1 saturated heterocycles. The zero-order chi connectivity index (χ0) is 16.3. The summed E-state index contributed by atoms with van der Waals surface area (Å²) in [5.74, 6) is -1.06. The number of nitrogens with one attached hydrogen (secondary N) is 1. The van der Waals surface area contributed by atoms with Gasteiger partial charge in [0.1, 0.15) is 11.5 Å². The lowest BCUT2D eigenvalue weighted by atomic mass is 9.77. The summed E-state index contributed by atoms with van der Waals surface area (Å²) < 4.78 is 9.58. The smallest absolute Gasteiger partial charge is 0.322 e. The van der Waals surface area contributed by atoms with E-state index in [4.69, 9.17) is 21.1 Å². The van der Waals surface area contributed by atoms with Crippen molar-refractivity contribution in [3.8, 4) is 0 Å². The van der Waals surface area contributed by atoms with Crippen molar-refractivity contribution in [2.24, 2.45) is 5.41 Å². The highest BCUT2D eigenvalue weighted by Gasteiger charge is 2.55. The van der Waals surface area contributed by atoms with Gasteiger partial charge in [0.2, 0.25) is 0 Å². The van der Waals surface area contributed by atoms with E-state index >= 15 is 0 Å². The number of methoxy groups -OCH3 is 2. The molecule has 0 saturated carbocycles. The number of esters is 2. The molecule has 0 aliphatic carbocycles. The molecular formula is C15H18ClNO5. The molecule has 7 heteroatoms. The second-order valence-electron chi connectivity index (χ2n) is 5.24. The Morgan fingerprint density at radius 1 is 1.32 bits per heavy atom. The molecule has 0 amide bonds. The van der Waals surface area contributed by atoms with Crippen LogP contribution in [0.1, 0.15) is 18.0 Å². The third kappa shape index (κ3) is 2.82. The summed E-state index contributed by atoms with van der Waals surface area (Å²) in [7, 11) is 2.53. The molecule has 0 unspecified atom stereocenters. The second-order valence-corrected chi connectivity index (χ2v) is 5.67. The third-order valence-corrected chi connectivity index (χ3v) is 4.30. The maximum absolute atomic E-state index is 12.3. The minimum atomic E-state index is -1.25. The van der Waals surface area contributed by atoms with E-state index in [1.807, 2.05) is 0 Å². The Kier molecular flexibility index (Phi) is 5.05. The Balaban J connectivity index is 2.43. The van der Waals surface area contributed by atoms with Crippen LogP contribution < -0.4 is 5.32 Å². The van der Waals surface area contributed by atoms with Crippen LogP contribution in [0.25, 0.3) is 0 Å². The molecule has 3 atom stereocenters. The normalized spacial score (nSPS) is 27.5. The molecule has 0 aromatic heterocycles. The molecule has 120 valence electrons. The number of halogens is 1. The molecule has 1 aromatic carbocycles. The van der Waals surface area contributed by atoms with Crippen molar-refractivity contribution in [1.82, 2.24) is 5.32 Å². The highest BCUT2D eigenvalue weighted by molar-refractivity contribution is 6.30. The fraction of sp³-hybridized carbons (Fsp3) is 0.467. The first-order chi connectivity index (χ1) is 10.5. The summed E-state index contributed by atoms with van der Waals surface area (Å²) in [5.41, 5.74) is -0.517. The minimum absolute atomic E-state index is 0.0934. The number of carbonyl (C=O) groups excluding carboxylic acids is 2. The highest BCUT2D eigenvalue weighted by Crippen LogP contribution is 2.45. The van der Waals surface area contributed by atoms with Crippen molar-refractivity contribution in [3.05, 3.63) is 34.9 Å². The van der Waals surface area contributed by atoms with E-state index in [0.717, 1.165) is 5.56 Å². The predicted octanol–water partition coefficient (Wildman–Crippen LogP) is 1.07. The van der Waals surface area contributed by atoms with Crippen molar-refractivity contribution >= 4 is 23.5 Å². The topological polar surface area (TPSA) is 84.9 Å². The van der Waals surface area contributed by atoms with Crippen LogP contribution in [0.2, 0.25) is 5.02 Å². The maximum atomic E-state index is 12.3. The van der Waals surface area contributed by atoms with Crippen LogP contribution in [0.3, 0.4) is 0 Å². The molecule has 1 aliphatic heterocycles. The summed E-state index contributed by atoms with van der Waals surface area (Å²) in [6.45, 7) is -0.451. The lowest BCUT2D eigenvalue weighted by molar-refractivity contribution is -0.156. The molecule has 0 spiro atoms. The summed E-state index contributed by atoms with van der Waals surface area (Å²) in [6.07, 6.45) is 0.0934. The number of hydrogen-bond acceptors (Lipinski definition) is 6. The Morgan fingerprint density at radius 3 is 2.45 bits per heavy atom. The van der Waals surface area contributed by atoms with Gasteiger partial charge in [0.05, 0.1) is 26.9 Å². The predicted molar refractivity (Wildman–Crippen MR) is 79.3 cm³/mol. The molecule has 1 fully saturated rings. The molecule has 22 heavy (non-hydrogen) atoms. The second kappa shape index (κ2) is 6.64. The van der Waals surface area contributed by atoms with Crippen LogP contribution in [0.4, 0.5) is 0 Å². The summed E-state index contributed by atoms with van der Waals surface area (Å²) in [6, 6.07) is 5.58. The Labute approximate surface area is 133 Å². The zero-order valence-electron chi connectivity index (χ0n) is 12.3. The van der Waals surface area contributed by atoms with Gasteiger partial charge in [-0.05, 0) is 24.1 Å². The van der Waals surface area contributed by atoms with E-state index in [1.54, 1.807) is 24.3 Å². The molecule has 0 radical (unpaired) electrons. The first kappa shape index (κ1) is 16.7. The maximum Gasteiger partial charge on any atom is 0.322 e. The van der Waals surface area contributed by atoms with Crippen molar-refractivity contribution < 1.29 is 24.2 Å². The van der Waals surface area contributed by atoms with Crippen LogP contribution in [-0.2, 0) is 19.1 Å². The minimum Gasteiger partial charge on any atom is -0.468 e. The van der Waals surface area contributed by atoms with Gasteiger partial charge in [-0.15, -0.1) is 0 Å². The summed E-state index contributed by atoms with van der Waals surface area (Å²) >= 11 is 5.88. The van der Waals surface area contributed by atoms with Crippen molar-refractivity contribution in [2.75, 3.05) is 20.8 Å². The Bertz CT molecular complexity index is 562. The van der Waals surface area contributed by atoms with Gasteiger partial charge >= 0.3 is 11.9 Å². The fourth-order valence-electron chi connectivity index (χ4n) is 2.89.